The van der Waals surface area contributed by atoms with Gasteiger partial charge in [0.1, 0.15) is 10.9 Å². The molecule has 0 bridgehead atoms. The summed E-state index contributed by atoms with van der Waals surface area (Å²) in [5.41, 5.74) is 3.28. The maximum Gasteiger partial charge on any atom is 0.267 e. The van der Waals surface area contributed by atoms with Gasteiger partial charge in [-0.3, -0.25) is 24.2 Å². The Morgan fingerprint density at radius 2 is 1.84 bits per heavy atom. The van der Waals surface area contributed by atoms with Crippen molar-refractivity contribution in [2.75, 3.05) is 23.3 Å². The molecule has 0 atom stereocenters. The van der Waals surface area contributed by atoms with Crippen molar-refractivity contribution in [3.63, 3.8) is 0 Å². The molecular formula is C24H23N3O3S2. The van der Waals surface area contributed by atoms with Crippen molar-refractivity contribution < 1.29 is 14.4 Å². The first-order valence-electron chi connectivity index (χ1n) is 10.5. The van der Waals surface area contributed by atoms with Crippen molar-refractivity contribution in [1.82, 2.24) is 4.90 Å². The zero-order valence-electron chi connectivity index (χ0n) is 17.9. The normalized spacial score (nSPS) is 17.9. The Kier molecular flexibility index (Phi) is 6.43. The number of nitrogens with zero attached hydrogens (tertiary/aromatic N) is 2. The number of hydrogen-bond donors (Lipinski definition) is 1. The predicted molar refractivity (Wildman–Crippen MR) is 132 cm³/mol. The van der Waals surface area contributed by atoms with Crippen molar-refractivity contribution in [2.45, 2.75) is 26.7 Å². The molecule has 32 heavy (non-hydrogen) atoms. The van der Waals surface area contributed by atoms with Crippen LogP contribution in [0.2, 0.25) is 0 Å². The van der Waals surface area contributed by atoms with E-state index in [4.69, 9.17) is 12.2 Å². The van der Waals surface area contributed by atoms with Crippen LogP contribution in [-0.2, 0) is 14.4 Å². The quantitative estimate of drug-likeness (QED) is 0.507. The van der Waals surface area contributed by atoms with Gasteiger partial charge in [-0.25, -0.2) is 0 Å². The SMILES string of the molecule is CCCCN1C(=O)C(=C2C(=O)N(CC(=O)Nc3cccc(C)c3)c3ccccc32)SC1=S. The van der Waals surface area contributed by atoms with E-state index >= 15 is 0 Å². The Balaban J connectivity index is 1.63. The lowest BCUT2D eigenvalue weighted by Gasteiger charge is -2.17. The van der Waals surface area contributed by atoms with E-state index in [0.29, 0.717) is 38.3 Å². The molecule has 164 valence electrons. The molecule has 0 unspecified atom stereocenters. The number of thiocarbonyl (C=S) groups is 1. The highest BCUT2D eigenvalue weighted by molar-refractivity contribution is 8.26. The second-order valence-electron chi connectivity index (χ2n) is 7.71. The van der Waals surface area contributed by atoms with Crippen LogP contribution in [0.4, 0.5) is 11.4 Å². The van der Waals surface area contributed by atoms with Crippen molar-refractivity contribution in [1.29, 1.82) is 0 Å². The van der Waals surface area contributed by atoms with Crippen LogP contribution in [0.25, 0.3) is 5.57 Å². The number of carbonyl (C=O) groups is 3. The lowest BCUT2D eigenvalue weighted by molar-refractivity contribution is -0.122. The second-order valence-corrected chi connectivity index (χ2v) is 9.35. The van der Waals surface area contributed by atoms with Crippen molar-refractivity contribution in [3.8, 4) is 0 Å². The molecule has 2 heterocycles. The maximum atomic E-state index is 13.4. The zero-order chi connectivity index (χ0) is 22.8. The number of fused-ring (bicyclic) bond motifs is 1. The molecule has 0 radical (unpaired) electrons. The third-order valence-electron chi connectivity index (χ3n) is 5.34. The lowest BCUT2D eigenvalue weighted by atomic mass is 10.1. The van der Waals surface area contributed by atoms with Crippen LogP contribution < -0.4 is 10.2 Å². The number of para-hydroxylation sites is 1. The third-order valence-corrected chi connectivity index (χ3v) is 6.79. The van der Waals surface area contributed by atoms with Gasteiger partial charge in [-0.05, 0) is 37.1 Å². The van der Waals surface area contributed by atoms with E-state index in [-0.39, 0.29) is 24.3 Å². The van der Waals surface area contributed by atoms with E-state index in [1.807, 2.05) is 44.2 Å². The van der Waals surface area contributed by atoms with Crippen molar-refractivity contribution in [3.05, 3.63) is 64.6 Å². The summed E-state index contributed by atoms with van der Waals surface area (Å²) in [4.78, 5) is 42.6. The van der Waals surface area contributed by atoms with E-state index in [1.54, 1.807) is 23.1 Å². The number of anilines is 2. The van der Waals surface area contributed by atoms with E-state index in [0.717, 1.165) is 30.2 Å². The number of carbonyl (C=O) groups excluding carboxylic acids is 3. The van der Waals surface area contributed by atoms with Gasteiger partial charge in [-0.15, -0.1) is 0 Å². The average molecular weight is 466 g/mol. The Hall–Kier alpha value is -2.97. The summed E-state index contributed by atoms with van der Waals surface area (Å²) in [5, 5.41) is 2.84. The number of amides is 3. The van der Waals surface area contributed by atoms with Gasteiger partial charge in [0.25, 0.3) is 11.8 Å². The number of nitrogens with one attached hydrogen (secondary N) is 1. The van der Waals surface area contributed by atoms with Gasteiger partial charge in [0, 0.05) is 17.8 Å². The van der Waals surface area contributed by atoms with Crippen LogP contribution in [0.3, 0.4) is 0 Å². The van der Waals surface area contributed by atoms with Gasteiger partial charge < -0.3 is 5.32 Å². The van der Waals surface area contributed by atoms with E-state index in [1.165, 1.54) is 4.90 Å². The molecule has 2 aliphatic heterocycles. The monoisotopic (exact) mass is 465 g/mol. The summed E-state index contributed by atoms with van der Waals surface area (Å²) in [6.07, 6.45) is 1.78. The van der Waals surface area contributed by atoms with Crippen molar-refractivity contribution in [2.24, 2.45) is 0 Å². The molecule has 0 saturated carbocycles. The number of hydrogen-bond acceptors (Lipinski definition) is 5. The van der Waals surface area contributed by atoms with Crippen LogP contribution in [0.15, 0.2) is 53.4 Å². The Morgan fingerprint density at radius 3 is 2.59 bits per heavy atom. The van der Waals surface area contributed by atoms with Gasteiger partial charge in [-0.1, -0.05) is 67.7 Å². The molecule has 1 fully saturated rings. The molecule has 2 aliphatic rings. The van der Waals surface area contributed by atoms with Crippen LogP contribution in [0, 0.1) is 6.92 Å². The molecule has 1 N–H and O–H groups in total. The molecule has 0 aromatic heterocycles. The summed E-state index contributed by atoms with van der Waals surface area (Å²) in [6.45, 7) is 4.38. The van der Waals surface area contributed by atoms with E-state index < -0.39 is 0 Å². The minimum absolute atomic E-state index is 0.149. The van der Waals surface area contributed by atoms with Crippen LogP contribution >= 0.6 is 24.0 Å². The molecular weight excluding hydrogens is 442 g/mol. The minimum Gasteiger partial charge on any atom is -0.325 e. The molecule has 3 amide bonds. The van der Waals surface area contributed by atoms with Gasteiger partial charge in [0.05, 0.1) is 16.2 Å². The first kappa shape index (κ1) is 22.2. The lowest BCUT2D eigenvalue weighted by Crippen LogP contribution is -2.35. The summed E-state index contributed by atoms with van der Waals surface area (Å²) >= 11 is 6.57. The fraction of sp³-hybridized carbons (Fsp3) is 0.250. The number of benzene rings is 2. The molecule has 2 aromatic rings. The van der Waals surface area contributed by atoms with Crippen molar-refractivity contribution >= 4 is 63.0 Å². The standard InChI is InChI=1S/C24H23N3O3S2/c1-3-4-12-26-23(30)21(32-24(26)31)20-17-10-5-6-11-18(17)27(22(20)29)14-19(28)25-16-9-7-8-15(2)13-16/h5-11,13H,3-4,12,14H2,1-2H3,(H,25,28). The summed E-state index contributed by atoms with van der Waals surface area (Å²) in [5.74, 6) is -0.908. The van der Waals surface area contributed by atoms with Gasteiger partial charge in [0.15, 0.2) is 0 Å². The fourth-order valence-corrected chi connectivity index (χ4v) is 5.16. The molecule has 1 saturated heterocycles. The van der Waals surface area contributed by atoms with Crippen LogP contribution in [-0.4, -0.2) is 40.0 Å². The number of unbranched alkanes of at least 4 members (excludes halogenated alkanes) is 1. The van der Waals surface area contributed by atoms with E-state index in [2.05, 4.69) is 5.32 Å². The first-order chi connectivity index (χ1) is 15.4. The summed E-state index contributed by atoms with van der Waals surface area (Å²) in [6, 6.07) is 14.7. The molecule has 4 rings (SSSR count). The largest absolute Gasteiger partial charge is 0.325 e. The molecule has 8 heteroatoms. The fourth-order valence-electron chi connectivity index (χ4n) is 3.78. The highest BCUT2D eigenvalue weighted by atomic mass is 32.2. The third kappa shape index (κ3) is 4.20. The topological polar surface area (TPSA) is 69.7 Å². The average Bonchev–Trinajstić information content (AvgIpc) is 3.19. The Bertz CT molecular complexity index is 1160. The second kappa shape index (κ2) is 9.26. The zero-order valence-corrected chi connectivity index (χ0v) is 19.5. The summed E-state index contributed by atoms with van der Waals surface area (Å²) in [7, 11) is 0. The number of rotatable bonds is 6. The molecule has 0 aliphatic carbocycles. The Morgan fingerprint density at radius 1 is 1.06 bits per heavy atom. The molecule has 0 spiro atoms. The first-order valence-corrected chi connectivity index (χ1v) is 11.7. The number of thioether (sulfide) groups is 1. The highest BCUT2D eigenvalue weighted by Crippen LogP contribution is 2.44. The number of aryl methyl sites for hydroxylation is 1. The molecule has 2 aromatic carbocycles. The smallest absolute Gasteiger partial charge is 0.267 e. The Labute approximate surface area is 196 Å². The minimum atomic E-state index is -0.360. The highest BCUT2D eigenvalue weighted by Gasteiger charge is 2.42. The van der Waals surface area contributed by atoms with Crippen LogP contribution in [0.5, 0.6) is 0 Å². The maximum absolute atomic E-state index is 13.4. The van der Waals surface area contributed by atoms with Gasteiger partial charge >= 0.3 is 0 Å². The summed E-state index contributed by atoms with van der Waals surface area (Å²) < 4.78 is 0.465. The van der Waals surface area contributed by atoms with Gasteiger partial charge in [0.2, 0.25) is 5.91 Å². The van der Waals surface area contributed by atoms with Gasteiger partial charge in [-0.2, -0.15) is 0 Å². The predicted octanol–water partition coefficient (Wildman–Crippen LogP) is 4.35. The molecule has 6 nitrogen and oxygen atoms in total. The van der Waals surface area contributed by atoms with Crippen LogP contribution in [0.1, 0.15) is 30.9 Å². The van der Waals surface area contributed by atoms with E-state index in [9.17, 15) is 14.4 Å².